The van der Waals surface area contributed by atoms with Crippen LogP contribution < -0.4 is 5.32 Å². The predicted molar refractivity (Wildman–Crippen MR) is 77.9 cm³/mol. The molecule has 0 amide bonds. The third kappa shape index (κ3) is 3.00. The fourth-order valence-electron chi connectivity index (χ4n) is 1.61. The van der Waals surface area contributed by atoms with Crippen LogP contribution in [0.25, 0.3) is 11.0 Å². The van der Waals surface area contributed by atoms with E-state index in [4.69, 9.17) is 0 Å². The number of nitrogens with one attached hydrogen (secondary N) is 2. The van der Waals surface area contributed by atoms with Crippen molar-refractivity contribution in [1.29, 1.82) is 0 Å². The van der Waals surface area contributed by atoms with Crippen LogP contribution in [0.1, 0.15) is 40.2 Å². The molecule has 0 aliphatic carbocycles. The third-order valence-electron chi connectivity index (χ3n) is 3.03. The average molecular weight is 248 g/mol. The summed E-state index contributed by atoms with van der Waals surface area (Å²) >= 11 is 0. The standard InChI is InChI=1S/C12H18N4.C2H6/c1-7(2)9(4)16-12-10-8(3)5-13-11(10)14-6-15-12;1-2/h5-7,9H,1-4H3,(H2,13,14,15,16);1-2H3. The molecule has 100 valence electrons. The molecular weight excluding hydrogens is 224 g/mol. The topological polar surface area (TPSA) is 53.6 Å². The molecule has 2 aromatic heterocycles. The van der Waals surface area contributed by atoms with Gasteiger partial charge in [-0.1, -0.05) is 27.7 Å². The number of hydrogen-bond donors (Lipinski definition) is 2. The highest BCUT2D eigenvalue weighted by Crippen LogP contribution is 2.23. The Kier molecular flexibility index (Phi) is 5.13. The summed E-state index contributed by atoms with van der Waals surface area (Å²) in [5.74, 6) is 1.49. The minimum Gasteiger partial charge on any atom is -0.367 e. The van der Waals surface area contributed by atoms with Gasteiger partial charge in [-0.2, -0.15) is 0 Å². The van der Waals surface area contributed by atoms with Gasteiger partial charge in [0.25, 0.3) is 0 Å². The molecule has 0 saturated carbocycles. The van der Waals surface area contributed by atoms with Crippen molar-refractivity contribution in [3.8, 4) is 0 Å². The van der Waals surface area contributed by atoms with Crippen LogP contribution in [0.3, 0.4) is 0 Å². The fraction of sp³-hybridized carbons (Fsp3) is 0.571. The lowest BCUT2D eigenvalue weighted by Crippen LogP contribution is -2.22. The van der Waals surface area contributed by atoms with E-state index in [1.54, 1.807) is 6.33 Å². The Morgan fingerprint density at radius 3 is 2.44 bits per heavy atom. The number of aromatic nitrogens is 3. The Morgan fingerprint density at radius 2 is 1.83 bits per heavy atom. The highest BCUT2D eigenvalue weighted by atomic mass is 15.1. The molecule has 0 spiro atoms. The molecule has 2 rings (SSSR count). The maximum atomic E-state index is 4.32. The van der Waals surface area contributed by atoms with Gasteiger partial charge in [-0.05, 0) is 25.3 Å². The lowest BCUT2D eigenvalue weighted by Gasteiger charge is -2.18. The van der Waals surface area contributed by atoms with E-state index < -0.39 is 0 Å². The summed E-state index contributed by atoms with van der Waals surface area (Å²) in [5.41, 5.74) is 2.07. The molecule has 2 N–H and O–H groups in total. The largest absolute Gasteiger partial charge is 0.367 e. The quantitative estimate of drug-likeness (QED) is 0.869. The normalized spacial score (nSPS) is 12.2. The summed E-state index contributed by atoms with van der Waals surface area (Å²) in [6, 6.07) is 0.396. The number of H-pyrrole nitrogens is 1. The molecule has 4 nitrogen and oxygen atoms in total. The van der Waals surface area contributed by atoms with Gasteiger partial charge in [-0.15, -0.1) is 0 Å². The van der Waals surface area contributed by atoms with Crippen LogP contribution in [0.2, 0.25) is 0 Å². The number of nitrogens with zero attached hydrogens (tertiary/aromatic N) is 2. The Balaban J connectivity index is 0.000000771. The summed E-state index contributed by atoms with van der Waals surface area (Å²) in [5, 5.41) is 4.53. The first-order valence-corrected chi connectivity index (χ1v) is 6.65. The van der Waals surface area contributed by atoms with Gasteiger partial charge in [-0.3, -0.25) is 0 Å². The zero-order valence-electron chi connectivity index (χ0n) is 12.2. The molecule has 0 saturated heterocycles. The van der Waals surface area contributed by atoms with Gasteiger partial charge in [0.1, 0.15) is 17.8 Å². The zero-order chi connectivity index (χ0) is 13.7. The average Bonchev–Trinajstić information content (AvgIpc) is 2.75. The molecule has 0 aliphatic rings. The number of aromatic amines is 1. The van der Waals surface area contributed by atoms with Crippen molar-refractivity contribution in [2.24, 2.45) is 5.92 Å². The zero-order valence-corrected chi connectivity index (χ0v) is 12.2. The van der Waals surface area contributed by atoms with Crippen molar-refractivity contribution in [3.05, 3.63) is 18.1 Å². The maximum absolute atomic E-state index is 4.32. The first-order valence-electron chi connectivity index (χ1n) is 6.65. The molecule has 0 aliphatic heterocycles. The smallest absolute Gasteiger partial charge is 0.143 e. The van der Waals surface area contributed by atoms with Crippen LogP contribution in [0.4, 0.5) is 5.82 Å². The Morgan fingerprint density at radius 1 is 1.17 bits per heavy atom. The fourth-order valence-corrected chi connectivity index (χ4v) is 1.61. The number of aryl methyl sites for hydroxylation is 1. The van der Waals surface area contributed by atoms with E-state index >= 15 is 0 Å². The first kappa shape index (κ1) is 14.5. The number of fused-ring (bicyclic) bond motifs is 1. The molecule has 4 heteroatoms. The highest BCUT2D eigenvalue weighted by molar-refractivity contribution is 5.90. The highest BCUT2D eigenvalue weighted by Gasteiger charge is 2.12. The van der Waals surface area contributed by atoms with Crippen molar-refractivity contribution < 1.29 is 0 Å². The van der Waals surface area contributed by atoms with Crippen LogP contribution in [0.15, 0.2) is 12.5 Å². The third-order valence-corrected chi connectivity index (χ3v) is 3.03. The van der Waals surface area contributed by atoms with Crippen LogP contribution in [0.5, 0.6) is 0 Å². The Bertz CT molecular complexity index is 487. The van der Waals surface area contributed by atoms with Crippen LogP contribution in [0, 0.1) is 12.8 Å². The monoisotopic (exact) mass is 248 g/mol. The van der Waals surface area contributed by atoms with Gasteiger partial charge in [0.2, 0.25) is 0 Å². The summed E-state index contributed by atoms with van der Waals surface area (Å²) in [6.45, 7) is 12.6. The molecule has 0 aromatic carbocycles. The van der Waals surface area contributed by atoms with E-state index in [0.29, 0.717) is 12.0 Å². The Labute approximate surface area is 109 Å². The van der Waals surface area contributed by atoms with E-state index in [1.165, 1.54) is 5.56 Å². The van der Waals surface area contributed by atoms with Crippen molar-refractivity contribution in [2.45, 2.75) is 47.6 Å². The summed E-state index contributed by atoms with van der Waals surface area (Å²) in [6.07, 6.45) is 3.55. The lowest BCUT2D eigenvalue weighted by atomic mass is 10.1. The first-order chi connectivity index (χ1) is 8.59. The van der Waals surface area contributed by atoms with Crippen LogP contribution in [-0.2, 0) is 0 Å². The van der Waals surface area contributed by atoms with E-state index in [2.05, 4.69) is 48.0 Å². The molecule has 1 atom stereocenters. The van der Waals surface area contributed by atoms with Gasteiger partial charge >= 0.3 is 0 Å². The SMILES string of the molecule is CC.Cc1c[nH]c2ncnc(NC(C)C(C)C)c12. The van der Waals surface area contributed by atoms with Crippen LogP contribution in [-0.4, -0.2) is 21.0 Å². The predicted octanol–water partition coefficient (Wildman–Crippen LogP) is 3.75. The minimum absolute atomic E-state index is 0.396. The van der Waals surface area contributed by atoms with Crippen LogP contribution >= 0.6 is 0 Å². The molecule has 1 unspecified atom stereocenters. The molecular formula is C14H24N4. The maximum Gasteiger partial charge on any atom is 0.143 e. The molecule has 2 heterocycles. The summed E-state index contributed by atoms with van der Waals surface area (Å²) in [7, 11) is 0. The van der Waals surface area contributed by atoms with E-state index in [-0.39, 0.29) is 0 Å². The van der Waals surface area contributed by atoms with Crippen molar-refractivity contribution >= 4 is 16.9 Å². The number of rotatable bonds is 3. The summed E-state index contributed by atoms with van der Waals surface area (Å²) < 4.78 is 0. The number of anilines is 1. The molecule has 2 aromatic rings. The van der Waals surface area contributed by atoms with Crippen molar-refractivity contribution in [2.75, 3.05) is 5.32 Å². The lowest BCUT2D eigenvalue weighted by molar-refractivity contribution is 0.559. The van der Waals surface area contributed by atoms with Gasteiger partial charge in [0.15, 0.2) is 0 Å². The van der Waals surface area contributed by atoms with Gasteiger partial charge in [0.05, 0.1) is 5.39 Å². The van der Waals surface area contributed by atoms with E-state index in [0.717, 1.165) is 16.9 Å². The van der Waals surface area contributed by atoms with Gasteiger partial charge < -0.3 is 10.3 Å². The van der Waals surface area contributed by atoms with Crippen molar-refractivity contribution in [1.82, 2.24) is 15.0 Å². The number of hydrogen-bond acceptors (Lipinski definition) is 3. The second kappa shape index (κ2) is 6.38. The van der Waals surface area contributed by atoms with E-state index in [1.807, 2.05) is 20.0 Å². The second-order valence-corrected chi connectivity index (χ2v) is 4.59. The molecule has 0 fully saturated rings. The molecule has 0 bridgehead atoms. The second-order valence-electron chi connectivity index (χ2n) is 4.59. The van der Waals surface area contributed by atoms with Crippen molar-refractivity contribution in [3.63, 3.8) is 0 Å². The molecule has 18 heavy (non-hydrogen) atoms. The van der Waals surface area contributed by atoms with E-state index in [9.17, 15) is 0 Å². The van der Waals surface area contributed by atoms with Gasteiger partial charge in [0, 0.05) is 12.2 Å². The molecule has 0 radical (unpaired) electrons. The minimum atomic E-state index is 0.396. The van der Waals surface area contributed by atoms with Gasteiger partial charge in [-0.25, -0.2) is 9.97 Å². The summed E-state index contributed by atoms with van der Waals surface area (Å²) in [4.78, 5) is 11.7. The Hall–Kier alpha value is -1.58.